The van der Waals surface area contributed by atoms with Gasteiger partial charge in [-0.2, -0.15) is 9.19 Å². The first-order valence-corrected chi connectivity index (χ1v) is 12.4. The van der Waals surface area contributed by atoms with Crippen LogP contribution in [-0.4, -0.2) is 54.6 Å². The fraction of sp³-hybridized carbons (Fsp3) is 0.391. The molecule has 0 saturated heterocycles. The molecule has 1 saturated carbocycles. The van der Waals surface area contributed by atoms with Crippen molar-refractivity contribution in [3.8, 4) is 23.7 Å². The number of hydrogen-bond acceptors (Lipinski definition) is 9. The molecule has 10 nitrogen and oxygen atoms in total. The lowest BCUT2D eigenvalue weighted by molar-refractivity contribution is 0.123. The van der Waals surface area contributed by atoms with Crippen LogP contribution >= 0.6 is 0 Å². The molecule has 0 bridgehead atoms. The van der Waals surface area contributed by atoms with E-state index in [1.165, 1.54) is 12.4 Å². The third-order valence-corrected chi connectivity index (χ3v) is 7.25. The summed E-state index contributed by atoms with van der Waals surface area (Å²) in [5, 5.41) is 20.4. The van der Waals surface area contributed by atoms with Gasteiger partial charge >= 0.3 is 0 Å². The molecule has 11 heteroatoms. The van der Waals surface area contributed by atoms with Gasteiger partial charge in [0.2, 0.25) is 0 Å². The van der Waals surface area contributed by atoms with Crippen molar-refractivity contribution in [2.24, 2.45) is 0 Å². The largest absolute Gasteiger partial charge is 0.382 e. The van der Waals surface area contributed by atoms with Gasteiger partial charge in [-0.15, -0.1) is 6.42 Å². The smallest absolute Gasteiger partial charge is 0.256 e. The highest BCUT2D eigenvalue weighted by atomic mass is 32.2. The SMILES string of the molecule is C#CC(C)(O)Cc1cnc(Nc2ccnc(-c3cnn(S(=O)(=O)C4CC4)c3)n2)cc1NC(C)C. The minimum Gasteiger partial charge on any atom is -0.382 e. The first kappa shape index (κ1) is 23.7. The van der Waals surface area contributed by atoms with Gasteiger partial charge in [-0.1, -0.05) is 5.92 Å². The van der Waals surface area contributed by atoms with Gasteiger partial charge in [-0.05, 0) is 45.2 Å². The minimum absolute atomic E-state index is 0.152. The Kier molecular flexibility index (Phi) is 6.29. The van der Waals surface area contributed by atoms with Gasteiger partial charge in [0.25, 0.3) is 10.0 Å². The molecule has 1 unspecified atom stereocenters. The van der Waals surface area contributed by atoms with Gasteiger partial charge in [-0.25, -0.2) is 23.4 Å². The number of terminal acetylenes is 1. The summed E-state index contributed by atoms with van der Waals surface area (Å²) in [5.41, 5.74) is 0.789. The molecular formula is C23H27N7O3S. The van der Waals surface area contributed by atoms with Crippen LogP contribution < -0.4 is 10.6 Å². The lowest BCUT2D eigenvalue weighted by Crippen LogP contribution is -2.25. The summed E-state index contributed by atoms with van der Waals surface area (Å²) in [6.45, 7) is 5.60. The number of pyridine rings is 1. The Balaban J connectivity index is 1.57. The molecule has 0 spiro atoms. The summed E-state index contributed by atoms with van der Waals surface area (Å²) in [5.74, 6) is 3.74. The van der Waals surface area contributed by atoms with E-state index in [9.17, 15) is 13.5 Å². The maximum atomic E-state index is 12.4. The number of nitrogens with one attached hydrogen (secondary N) is 2. The molecule has 178 valence electrons. The zero-order valence-corrected chi connectivity index (χ0v) is 20.0. The average molecular weight is 482 g/mol. The number of nitrogens with zero attached hydrogens (tertiary/aromatic N) is 5. The Hall–Kier alpha value is -3.49. The van der Waals surface area contributed by atoms with Crippen LogP contribution in [0, 0.1) is 12.3 Å². The van der Waals surface area contributed by atoms with Gasteiger partial charge in [0.15, 0.2) is 5.82 Å². The molecule has 3 heterocycles. The van der Waals surface area contributed by atoms with E-state index in [-0.39, 0.29) is 17.7 Å². The van der Waals surface area contributed by atoms with Crippen molar-refractivity contribution in [2.45, 2.75) is 56.9 Å². The van der Waals surface area contributed by atoms with Gasteiger partial charge in [0.1, 0.15) is 17.2 Å². The predicted octanol–water partition coefficient (Wildman–Crippen LogP) is 2.57. The van der Waals surface area contributed by atoms with E-state index >= 15 is 0 Å². The fourth-order valence-electron chi connectivity index (χ4n) is 3.34. The number of aromatic nitrogens is 5. The maximum absolute atomic E-state index is 12.4. The Labute approximate surface area is 198 Å². The summed E-state index contributed by atoms with van der Waals surface area (Å²) in [6.07, 6.45) is 13.1. The molecule has 0 radical (unpaired) electrons. The highest BCUT2D eigenvalue weighted by Gasteiger charge is 2.37. The van der Waals surface area contributed by atoms with Crippen LogP contribution in [-0.2, 0) is 16.4 Å². The van der Waals surface area contributed by atoms with E-state index in [2.05, 4.69) is 36.6 Å². The predicted molar refractivity (Wildman–Crippen MR) is 130 cm³/mol. The number of hydrogen-bond donors (Lipinski definition) is 3. The lowest BCUT2D eigenvalue weighted by Gasteiger charge is -2.21. The van der Waals surface area contributed by atoms with Crippen LogP contribution in [0.3, 0.4) is 0 Å². The third kappa shape index (κ3) is 5.35. The van der Waals surface area contributed by atoms with Gasteiger partial charge in [0.05, 0.1) is 23.2 Å². The minimum atomic E-state index is -3.46. The van der Waals surface area contributed by atoms with Crippen LogP contribution in [0.15, 0.2) is 36.9 Å². The van der Waals surface area contributed by atoms with Crippen LogP contribution in [0.5, 0.6) is 0 Å². The zero-order valence-electron chi connectivity index (χ0n) is 19.2. The van der Waals surface area contributed by atoms with Crippen molar-refractivity contribution in [1.29, 1.82) is 0 Å². The van der Waals surface area contributed by atoms with Crippen molar-refractivity contribution in [3.63, 3.8) is 0 Å². The van der Waals surface area contributed by atoms with Crippen LogP contribution in [0.2, 0.25) is 0 Å². The Morgan fingerprint density at radius 2 is 2.06 bits per heavy atom. The highest BCUT2D eigenvalue weighted by molar-refractivity contribution is 7.90. The Morgan fingerprint density at radius 1 is 1.29 bits per heavy atom. The molecule has 0 aromatic carbocycles. The maximum Gasteiger partial charge on any atom is 0.256 e. The van der Waals surface area contributed by atoms with E-state index in [4.69, 9.17) is 6.42 Å². The summed E-state index contributed by atoms with van der Waals surface area (Å²) in [4.78, 5) is 13.2. The van der Waals surface area contributed by atoms with E-state index < -0.39 is 15.6 Å². The molecule has 1 fully saturated rings. The van der Waals surface area contributed by atoms with E-state index in [0.29, 0.717) is 35.9 Å². The fourth-order valence-corrected chi connectivity index (χ4v) is 4.81. The van der Waals surface area contributed by atoms with Gasteiger partial charge in [0, 0.05) is 36.6 Å². The number of rotatable bonds is 9. The topological polar surface area (TPSA) is 135 Å². The molecule has 3 N–H and O–H groups in total. The van der Waals surface area contributed by atoms with Crippen molar-refractivity contribution < 1.29 is 13.5 Å². The molecule has 3 aromatic heterocycles. The second-order valence-corrected chi connectivity index (χ2v) is 10.9. The molecule has 1 aliphatic carbocycles. The van der Waals surface area contributed by atoms with Crippen LogP contribution in [0.1, 0.15) is 39.2 Å². The second-order valence-electron chi connectivity index (χ2n) is 8.86. The molecular weight excluding hydrogens is 454 g/mol. The van der Waals surface area contributed by atoms with Crippen molar-refractivity contribution in [1.82, 2.24) is 24.1 Å². The monoisotopic (exact) mass is 481 g/mol. The zero-order chi connectivity index (χ0) is 24.5. The highest BCUT2D eigenvalue weighted by Crippen LogP contribution is 2.30. The Bertz CT molecular complexity index is 1340. The average Bonchev–Trinajstić information content (AvgIpc) is 3.52. The standard InChI is InChI=1S/C23H27N7O3S/c1-5-23(4,31)11-16-12-25-21(10-19(16)27-15(2)3)28-20-8-9-24-22(29-20)17-13-26-30(14-17)34(32,33)18-6-7-18/h1,8-10,12-15,18,31H,6-7,11H2,2-4H3,(H2,24,25,27,28,29). The summed E-state index contributed by atoms with van der Waals surface area (Å²) < 4.78 is 25.8. The van der Waals surface area contributed by atoms with E-state index in [1.54, 1.807) is 25.4 Å². The van der Waals surface area contributed by atoms with Gasteiger partial charge in [-0.3, -0.25) is 0 Å². The third-order valence-electron chi connectivity index (χ3n) is 5.21. The number of anilines is 3. The molecule has 0 amide bonds. The molecule has 4 rings (SSSR count). The van der Waals surface area contributed by atoms with E-state index in [1.807, 2.05) is 19.9 Å². The summed E-state index contributed by atoms with van der Waals surface area (Å²) >= 11 is 0. The summed E-state index contributed by atoms with van der Waals surface area (Å²) in [6, 6.07) is 3.66. The van der Waals surface area contributed by atoms with Crippen molar-refractivity contribution >= 4 is 27.3 Å². The lowest BCUT2D eigenvalue weighted by atomic mass is 9.97. The first-order valence-electron chi connectivity index (χ1n) is 10.9. The Morgan fingerprint density at radius 3 is 2.74 bits per heavy atom. The van der Waals surface area contributed by atoms with Gasteiger partial charge < -0.3 is 15.7 Å². The van der Waals surface area contributed by atoms with Crippen LogP contribution in [0.4, 0.5) is 17.3 Å². The summed E-state index contributed by atoms with van der Waals surface area (Å²) in [7, 11) is -3.46. The molecule has 1 atom stereocenters. The molecule has 34 heavy (non-hydrogen) atoms. The molecule has 3 aromatic rings. The van der Waals surface area contributed by atoms with E-state index in [0.717, 1.165) is 15.3 Å². The van der Waals surface area contributed by atoms with Crippen LogP contribution in [0.25, 0.3) is 11.4 Å². The van der Waals surface area contributed by atoms with Crippen molar-refractivity contribution in [2.75, 3.05) is 10.6 Å². The molecule has 0 aliphatic heterocycles. The molecule has 1 aliphatic rings. The van der Waals surface area contributed by atoms with Crippen molar-refractivity contribution in [3.05, 3.63) is 42.5 Å². The second kappa shape index (κ2) is 9.04. The first-order chi connectivity index (χ1) is 16.1. The normalized spacial score (nSPS) is 15.5. The quantitative estimate of drug-likeness (QED) is 0.394. The number of aliphatic hydroxyl groups is 1.